The monoisotopic (exact) mass is 621 g/mol. The third kappa shape index (κ3) is 6.62. The second kappa shape index (κ2) is 12.4. The van der Waals surface area contributed by atoms with E-state index in [2.05, 4.69) is 43.0 Å². The van der Waals surface area contributed by atoms with Crippen LogP contribution in [0.3, 0.4) is 0 Å². The molecule has 0 unspecified atom stereocenters. The maximum atomic E-state index is 13.3. The molecule has 2 heterocycles. The Labute approximate surface area is 234 Å². The van der Waals surface area contributed by atoms with Crippen LogP contribution in [0.5, 0.6) is 0 Å². The highest BCUT2D eigenvalue weighted by Crippen LogP contribution is 2.34. The van der Waals surface area contributed by atoms with Crippen LogP contribution in [0, 0.1) is 0 Å². The van der Waals surface area contributed by atoms with Crippen LogP contribution in [-0.2, 0) is 32.6 Å². The first-order valence-electron chi connectivity index (χ1n) is 11.8. The van der Waals surface area contributed by atoms with Crippen LogP contribution in [0.15, 0.2) is 63.3 Å². The van der Waals surface area contributed by atoms with Crippen molar-refractivity contribution < 1.29 is 27.5 Å². The van der Waals surface area contributed by atoms with E-state index in [1.54, 1.807) is 0 Å². The molecule has 0 saturated carbocycles. The lowest BCUT2D eigenvalue weighted by Crippen LogP contribution is -2.35. The van der Waals surface area contributed by atoms with E-state index in [1.807, 2.05) is 12.1 Å². The minimum atomic E-state index is -3.97. The molecule has 1 aliphatic rings. The van der Waals surface area contributed by atoms with Crippen molar-refractivity contribution in [2.75, 3.05) is 44.8 Å². The number of anilines is 1. The van der Waals surface area contributed by atoms with E-state index in [9.17, 15) is 18.0 Å². The van der Waals surface area contributed by atoms with Crippen molar-refractivity contribution in [1.29, 1.82) is 0 Å². The van der Waals surface area contributed by atoms with Crippen molar-refractivity contribution in [3.63, 3.8) is 0 Å². The summed E-state index contributed by atoms with van der Waals surface area (Å²) in [4.78, 5) is 27.1. The third-order valence-electron chi connectivity index (χ3n) is 6.16. The number of thiophene rings is 1. The van der Waals surface area contributed by atoms with Gasteiger partial charge in [-0.15, -0.1) is 11.3 Å². The van der Waals surface area contributed by atoms with E-state index in [-0.39, 0.29) is 15.7 Å². The van der Waals surface area contributed by atoms with Gasteiger partial charge in [-0.05, 0) is 57.4 Å². The smallest absolute Gasteiger partial charge is 0.337 e. The second-order valence-electron chi connectivity index (χ2n) is 8.65. The van der Waals surface area contributed by atoms with Gasteiger partial charge in [-0.25, -0.2) is 13.2 Å². The Morgan fingerprint density at radius 1 is 1.08 bits per heavy atom. The summed E-state index contributed by atoms with van der Waals surface area (Å²) in [7, 11) is -1.28. The number of ether oxygens (including phenoxy) is 2. The fourth-order valence-electron chi connectivity index (χ4n) is 3.90. The normalized spacial score (nSPS) is 14.2. The van der Waals surface area contributed by atoms with Crippen molar-refractivity contribution in [2.45, 2.75) is 18.0 Å². The molecular formula is C26H28BrN3O6S2. The molecule has 1 aliphatic heterocycles. The molecule has 38 heavy (non-hydrogen) atoms. The van der Waals surface area contributed by atoms with Gasteiger partial charge in [-0.1, -0.05) is 24.3 Å². The molecule has 0 aliphatic carbocycles. The molecule has 2 aromatic carbocycles. The molecule has 3 aromatic rings. The zero-order chi connectivity index (χ0) is 27.3. The topological polar surface area (TPSA) is 105 Å². The van der Waals surface area contributed by atoms with E-state index in [0.29, 0.717) is 21.6 Å². The molecule has 0 spiro atoms. The molecule has 0 radical (unpaired) electrons. The summed E-state index contributed by atoms with van der Waals surface area (Å²) in [5, 5.41) is 2.86. The Balaban J connectivity index is 1.39. The Hall–Kier alpha value is -2.77. The Bertz CT molecular complexity index is 1390. The molecule has 9 nitrogen and oxygen atoms in total. The zero-order valence-corrected chi connectivity index (χ0v) is 24.2. The number of hydrogen-bond acceptors (Lipinski definition) is 8. The first-order valence-corrected chi connectivity index (χ1v) is 14.9. The highest BCUT2D eigenvalue weighted by atomic mass is 79.9. The lowest BCUT2D eigenvalue weighted by molar-refractivity contribution is 0.0342. The van der Waals surface area contributed by atoms with Crippen molar-refractivity contribution in [3.8, 4) is 0 Å². The summed E-state index contributed by atoms with van der Waals surface area (Å²) in [6, 6.07) is 15.5. The quantitative estimate of drug-likeness (QED) is 0.361. The predicted molar refractivity (Wildman–Crippen MR) is 149 cm³/mol. The molecular weight excluding hydrogens is 594 g/mol. The molecule has 1 N–H and O–H groups in total. The van der Waals surface area contributed by atoms with Gasteiger partial charge in [0.15, 0.2) is 0 Å². The number of nitrogens with zero attached hydrogens (tertiary/aromatic N) is 2. The number of morpholine rings is 1. The van der Waals surface area contributed by atoms with E-state index in [1.165, 1.54) is 50.1 Å². The second-order valence-corrected chi connectivity index (χ2v) is 13.0. The van der Waals surface area contributed by atoms with Gasteiger partial charge in [0, 0.05) is 33.2 Å². The summed E-state index contributed by atoms with van der Waals surface area (Å²) in [5.74, 6) is -0.873. The molecule has 1 fully saturated rings. The largest absolute Gasteiger partial charge is 0.465 e. The van der Waals surface area contributed by atoms with E-state index in [0.717, 1.165) is 54.1 Å². The van der Waals surface area contributed by atoms with Gasteiger partial charge in [0.2, 0.25) is 0 Å². The average Bonchev–Trinajstić information content (AvgIpc) is 3.34. The molecule has 12 heteroatoms. The van der Waals surface area contributed by atoms with Gasteiger partial charge in [0.25, 0.3) is 15.9 Å². The Morgan fingerprint density at radius 3 is 2.34 bits per heavy atom. The Kier molecular flexibility index (Phi) is 9.21. The maximum Gasteiger partial charge on any atom is 0.337 e. The fourth-order valence-corrected chi connectivity index (χ4v) is 7.53. The summed E-state index contributed by atoms with van der Waals surface area (Å²) in [6.45, 7) is 4.53. The third-order valence-corrected chi connectivity index (χ3v) is 10.2. The van der Waals surface area contributed by atoms with E-state index in [4.69, 9.17) is 4.74 Å². The molecule has 4 rings (SSSR count). The number of nitrogens with one attached hydrogen (secondary N) is 1. The van der Waals surface area contributed by atoms with E-state index >= 15 is 0 Å². The van der Waals surface area contributed by atoms with Crippen molar-refractivity contribution in [2.24, 2.45) is 0 Å². The Morgan fingerprint density at radius 2 is 1.71 bits per heavy atom. The number of esters is 1. The number of benzene rings is 2. The van der Waals surface area contributed by atoms with Gasteiger partial charge in [-0.2, -0.15) is 0 Å². The molecule has 202 valence electrons. The SMILES string of the molecule is COC(=O)c1ccc(N(C)S(=O)(=O)c2cc(C(=O)NCc3ccc(CN4CCOCC4)cc3)sc2Br)cc1. The summed E-state index contributed by atoms with van der Waals surface area (Å²) in [6.07, 6.45) is 0. The standard InChI is InChI=1S/C26H28BrN3O6S2/c1-29(21-9-7-20(8-10-21)26(32)35-2)38(33,34)23-15-22(37-24(23)27)25(31)28-16-18-3-5-19(6-4-18)17-30-11-13-36-14-12-30/h3-10,15H,11-14,16-17H2,1-2H3,(H,28,31). The van der Waals surface area contributed by atoms with Gasteiger partial charge in [0.05, 0.1) is 40.2 Å². The van der Waals surface area contributed by atoms with Gasteiger partial charge in [-0.3, -0.25) is 14.0 Å². The van der Waals surface area contributed by atoms with Gasteiger partial charge >= 0.3 is 5.97 Å². The lowest BCUT2D eigenvalue weighted by Gasteiger charge is -2.26. The number of halogens is 1. The van der Waals surface area contributed by atoms with Crippen LogP contribution in [-0.4, -0.2) is 65.7 Å². The lowest BCUT2D eigenvalue weighted by atomic mass is 10.1. The molecule has 1 aromatic heterocycles. The fraction of sp³-hybridized carbons (Fsp3) is 0.308. The first-order chi connectivity index (χ1) is 18.2. The van der Waals surface area contributed by atoms with Crippen molar-refractivity contribution >= 4 is 54.9 Å². The van der Waals surface area contributed by atoms with E-state index < -0.39 is 16.0 Å². The molecule has 1 saturated heterocycles. The minimum absolute atomic E-state index is 0.0142. The van der Waals surface area contributed by atoms with Crippen LogP contribution in [0.2, 0.25) is 0 Å². The number of sulfonamides is 1. The minimum Gasteiger partial charge on any atom is -0.465 e. The van der Waals surface area contributed by atoms with Crippen LogP contribution in [0.25, 0.3) is 0 Å². The highest BCUT2D eigenvalue weighted by Gasteiger charge is 2.28. The summed E-state index contributed by atoms with van der Waals surface area (Å²) >= 11 is 4.36. The molecule has 1 amide bonds. The summed E-state index contributed by atoms with van der Waals surface area (Å²) in [5.41, 5.74) is 2.81. The number of carbonyl (C=O) groups excluding carboxylic acids is 2. The summed E-state index contributed by atoms with van der Waals surface area (Å²) < 4.78 is 38.1. The van der Waals surface area contributed by atoms with Crippen molar-refractivity contribution in [1.82, 2.24) is 10.2 Å². The predicted octanol–water partition coefficient (Wildman–Crippen LogP) is 3.88. The first kappa shape index (κ1) is 28.2. The highest BCUT2D eigenvalue weighted by molar-refractivity contribution is 9.11. The molecule has 0 bridgehead atoms. The van der Waals surface area contributed by atoms with Gasteiger partial charge < -0.3 is 14.8 Å². The van der Waals surface area contributed by atoms with Crippen LogP contribution in [0.4, 0.5) is 5.69 Å². The van der Waals surface area contributed by atoms with Crippen LogP contribution < -0.4 is 9.62 Å². The van der Waals surface area contributed by atoms with Crippen molar-refractivity contribution in [3.05, 3.63) is 80.0 Å². The number of hydrogen-bond donors (Lipinski definition) is 1. The average molecular weight is 623 g/mol. The van der Waals surface area contributed by atoms with Crippen LogP contribution >= 0.6 is 27.3 Å². The number of amides is 1. The maximum absolute atomic E-state index is 13.3. The number of rotatable bonds is 9. The number of carbonyl (C=O) groups is 2. The van der Waals surface area contributed by atoms with Crippen LogP contribution in [0.1, 0.15) is 31.2 Å². The molecule has 0 atom stereocenters. The van der Waals surface area contributed by atoms with Gasteiger partial charge in [0.1, 0.15) is 4.90 Å². The number of methoxy groups -OCH3 is 1. The zero-order valence-electron chi connectivity index (χ0n) is 21.0.